The highest BCUT2D eigenvalue weighted by Crippen LogP contribution is 2.23. The Morgan fingerprint density at radius 3 is 2.79 bits per heavy atom. The Morgan fingerprint density at radius 1 is 1.21 bits per heavy atom. The van der Waals surface area contributed by atoms with Crippen molar-refractivity contribution >= 4 is 32.7 Å². The Bertz CT molecular complexity index is 902. The number of nitrogens with one attached hydrogen (secondary N) is 1. The molecule has 0 amide bonds. The van der Waals surface area contributed by atoms with Crippen LogP contribution in [0.15, 0.2) is 46.1 Å². The van der Waals surface area contributed by atoms with Gasteiger partial charge in [0, 0.05) is 29.4 Å². The highest BCUT2D eigenvalue weighted by molar-refractivity contribution is 7.91. The van der Waals surface area contributed by atoms with Crippen LogP contribution in [0.2, 0.25) is 0 Å². The van der Waals surface area contributed by atoms with Crippen molar-refractivity contribution < 1.29 is 8.42 Å². The molecule has 0 spiro atoms. The number of thiophene rings is 1. The number of aromatic nitrogens is 2. The molecule has 126 valence electrons. The van der Waals surface area contributed by atoms with Crippen LogP contribution in [-0.2, 0) is 22.9 Å². The maximum absolute atomic E-state index is 12.2. The molecule has 0 fully saturated rings. The second-order valence-corrected chi connectivity index (χ2v) is 9.10. The van der Waals surface area contributed by atoms with E-state index >= 15 is 0 Å². The van der Waals surface area contributed by atoms with Crippen LogP contribution < -0.4 is 4.72 Å². The number of pyridine rings is 1. The minimum Gasteiger partial charge on any atom is -0.254 e. The van der Waals surface area contributed by atoms with Crippen LogP contribution in [0, 0.1) is 0 Å². The van der Waals surface area contributed by atoms with Gasteiger partial charge in [0.05, 0.1) is 11.4 Å². The van der Waals surface area contributed by atoms with E-state index in [0.717, 1.165) is 27.7 Å². The zero-order valence-corrected chi connectivity index (χ0v) is 15.5. The number of hydrogen-bond donors (Lipinski definition) is 1. The van der Waals surface area contributed by atoms with Crippen LogP contribution in [0.1, 0.15) is 17.5 Å². The standard InChI is InChI=1S/C16H17N3O2S3/c1-2-13-6-7-15(23-13)24(20,21)18-10-8-12-11-22-16(19-12)14-5-3-4-9-17-14/h3-7,9,11,18H,2,8,10H2,1H3. The molecule has 0 aliphatic heterocycles. The summed E-state index contributed by atoms with van der Waals surface area (Å²) < 4.78 is 27.5. The molecule has 0 unspecified atom stereocenters. The predicted molar refractivity (Wildman–Crippen MR) is 97.9 cm³/mol. The summed E-state index contributed by atoms with van der Waals surface area (Å²) in [7, 11) is -3.43. The minimum absolute atomic E-state index is 0.326. The topological polar surface area (TPSA) is 72.0 Å². The van der Waals surface area contributed by atoms with Gasteiger partial charge in [-0.2, -0.15) is 0 Å². The van der Waals surface area contributed by atoms with Crippen LogP contribution >= 0.6 is 22.7 Å². The lowest BCUT2D eigenvalue weighted by Crippen LogP contribution is -2.25. The molecule has 0 aromatic carbocycles. The number of thiazole rings is 1. The maximum Gasteiger partial charge on any atom is 0.250 e. The minimum atomic E-state index is -3.43. The Morgan fingerprint density at radius 2 is 2.08 bits per heavy atom. The van der Waals surface area contributed by atoms with Gasteiger partial charge in [0.15, 0.2) is 0 Å². The van der Waals surface area contributed by atoms with Crippen molar-refractivity contribution in [2.24, 2.45) is 0 Å². The van der Waals surface area contributed by atoms with E-state index in [-0.39, 0.29) is 0 Å². The number of sulfonamides is 1. The Balaban J connectivity index is 1.59. The fourth-order valence-electron chi connectivity index (χ4n) is 2.11. The normalized spacial score (nSPS) is 11.7. The first-order valence-corrected chi connectivity index (χ1v) is 10.7. The quantitative estimate of drug-likeness (QED) is 0.683. The molecule has 0 aliphatic carbocycles. The van der Waals surface area contributed by atoms with E-state index in [1.807, 2.05) is 36.6 Å². The average Bonchev–Trinajstić information content (AvgIpc) is 3.25. The molecule has 3 rings (SSSR count). The molecule has 24 heavy (non-hydrogen) atoms. The third kappa shape index (κ3) is 4.07. The molecule has 0 bridgehead atoms. The van der Waals surface area contributed by atoms with Gasteiger partial charge in [-0.25, -0.2) is 18.1 Å². The third-order valence-corrected chi connectivity index (χ3v) is 7.46. The largest absolute Gasteiger partial charge is 0.254 e. The van der Waals surface area contributed by atoms with Crippen molar-refractivity contribution in [3.63, 3.8) is 0 Å². The van der Waals surface area contributed by atoms with E-state index in [2.05, 4.69) is 14.7 Å². The average molecular weight is 380 g/mol. The van der Waals surface area contributed by atoms with Gasteiger partial charge < -0.3 is 0 Å². The van der Waals surface area contributed by atoms with Crippen molar-refractivity contribution in [2.75, 3.05) is 6.54 Å². The first-order valence-electron chi connectivity index (χ1n) is 7.52. The first kappa shape index (κ1) is 17.2. The molecule has 0 saturated heterocycles. The number of rotatable bonds is 7. The van der Waals surface area contributed by atoms with Crippen molar-refractivity contribution in [3.05, 3.63) is 52.5 Å². The summed E-state index contributed by atoms with van der Waals surface area (Å²) >= 11 is 2.83. The predicted octanol–water partition coefficient (Wildman–Crippen LogP) is 3.35. The summed E-state index contributed by atoms with van der Waals surface area (Å²) in [6, 6.07) is 9.21. The molecule has 0 saturated carbocycles. The van der Waals surface area contributed by atoms with Crippen LogP contribution in [-0.4, -0.2) is 24.9 Å². The van der Waals surface area contributed by atoms with Gasteiger partial charge in [0.25, 0.3) is 0 Å². The zero-order valence-electron chi connectivity index (χ0n) is 13.1. The van der Waals surface area contributed by atoms with Gasteiger partial charge in [-0.3, -0.25) is 4.98 Å². The Labute approximate surface area is 149 Å². The second kappa shape index (κ2) is 7.52. The van der Waals surface area contributed by atoms with Crippen LogP contribution in [0.4, 0.5) is 0 Å². The monoisotopic (exact) mass is 379 g/mol. The lowest BCUT2D eigenvalue weighted by molar-refractivity contribution is 0.583. The van der Waals surface area contributed by atoms with E-state index in [9.17, 15) is 8.42 Å². The molecule has 0 atom stereocenters. The SMILES string of the molecule is CCc1ccc(S(=O)(=O)NCCc2csc(-c3ccccn3)n2)s1. The highest BCUT2D eigenvalue weighted by Gasteiger charge is 2.16. The van der Waals surface area contributed by atoms with E-state index in [4.69, 9.17) is 0 Å². The van der Waals surface area contributed by atoms with Gasteiger partial charge in [-0.1, -0.05) is 13.0 Å². The summed E-state index contributed by atoms with van der Waals surface area (Å²) in [6.07, 6.45) is 3.13. The number of nitrogens with zero attached hydrogens (tertiary/aromatic N) is 2. The fourth-order valence-corrected chi connectivity index (χ4v) is 5.31. The first-order chi connectivity index (χ1) is 11.6. The molecule has 3 heterocycles. The summed E-state index contributed by atoms with van der Waals surface area (Å²) in [4.78, 5) is 9.85. The van der Waals surface area contributed by atoms with E-state index < -0.39 is 10.0 Å². The van der Waals surface area contributed by atoms with E-state index in [1.165, 1.54) is 22.7 Å². The maximum atomic E-state index is 12.2. The van der Waals surface area contributed by atoms with Crippen molar-refractivity contribution in [1.29, 1.82) is 0 Å². The molecular formula is C16H17N3O2S3. The summed E-state index contributed by atoms with van der Waals surface area (Å²) in [5, 5.41) is 2.79. The second-order valence-electron chi connectivity index (χ2n) is 5.08. The van der Waals surface area contributed by atoms with Crippen molar-refractivity contribution in [3.8, 4) is 10.7 Å². The van der Waals surface area contributed by atoms with Crippen LogP contribution in [0.5, 0.6) is 0 Å². The molecule has 0 aliphatic rings. The molecule has 3 aromatic rings. The summed E-state index contributed by atoms with van der Waals surface area (Å²) in [6.45, 7) is 2.34. The highest BCUT2D eigenvalue weighted by atomic mass is 32.2. The summed E-state index contributed by atoms with van der Waals surface area (Å²) in [5.41, 5.74) is 1.70. The zero-order chi connectivity index (χ0) is 17.0. The third-order valence-electron chi connectivity index (χ3n) is 3.36. The molecule has 0 radical (unpaired) electrons. The Kier molecular flexibility index (Phi) is 5.40. The molecular weight excluding hydrogens is 362 g/mol. The van der Waals surface area contributed by atoms with Gasteiger partial charge >= 0.3 is 0 Å². The number of hydrogen-bond acceptors (Lipinski definition) is 6. The molecule has 8 heteroatoms. The van der Waals surface area contributed by atoms with Crippen LogP contribution in [0.25, 0.3) is 10.7 Å². The van der Waals surface area contributed by atoms with Crippen LogP contribution in [0.3, 0.4) is 0 Å². The van der Waals surface area contributed by atoms with Gasteiger partial charge in [0.1, 0.15) is 9.22 Å². The van der Waals surface area contributed by atoms with Crippen molar-refractivity contribution in [2.45, 2.75) is 24.0 Å². The van der Waals surface area contributed by atoms with E-state index in [0.29, 0.717) is 17.2 Å². The van der Waals surface area contributed by atoms with Gasteiger partial charge in [-0.05, 0) is 30.7 Å². The summed E-state index contributed by atoms with van der Waals surface area (Å²) in [5.74, 6) is 0. The smallest absolute Gasteiger partial charge is 0.250 e. The Hall–Kier alpha value is -1.61. The molecule has 5 nitrogen and oxygen atoms in total. The lowest BCUT2D eigenvalue weighted by Gasteiger charge is -2.03. The van der Waals surface area contributed by atoms with Crippen molar-refractivity contribution in [1.82, 2.24) is 14.7 Å². The number of aryl methyl sites for hydroxylation is 1. The lowest BCUT2D eigenvalue weighted by atomic mass is 10.3. The molecule has 3 aromatic heterocycles. The van der Waals surface area contributed by atoms with Gasteiger partial charge in [0.2, 0.25) is 10.0 Å². The van der Waals surface area contributed by atoms with Gasteiger partial charge in [-0.15, -0.1) is 22.7 Å². The fraction of sp³-hybridized carbons (Fsp3) is 0.250. The van der Waals surface area contributed by atoms with E-state index in [1.54, 1.807) is 12.3 Å². The molecule has 1 N–H and O–H groups in total.